The third-order valence-electron chi connectivity index (χ3n) is 5.20. The number of anilines is 1. The Bertz CT molecular complexity index is 852. The number of thiazole rings is 1. The summed E-state index contributed by atoms with van der Waals surface area (Å²) in [7, 11) is 0. The summed E-state index contributed by atoms with van der Waals surface area (Å²) >= 11 is 1.74. The van der Waals surface area contributed by atoms with E-state index in [0.717, 1.165) is 56.0 Å². The Labute approximate surface area is 164 Å². The van der Waals surface area contributed by atoms with Crippen molar-refractivity contribution in [3.63, 3.8) is 0 Å². The molecule has 0 atom stereocenters. The van der Waals surface area contributed by atoms with Crippen LogP contribution in [0.15, 0.2) is 54.6 Å². The monoisotopic (exact) mass is 379 g/mol. The van der Waals surface area contributed by atoms with Crippen molar-refractivity contribution in [2.24, 2.45) is 5.92 Å². The van der Waals surface area contributed by atoms with Gasteiger partial charge in [-0.15, -0.1) is 0 Å². The Kier molecular flexibility index (Phi) is 5.68. The van der Waals surface area contributed by atoms with E-state index in [9.17, 15) is 4.79 Å². The zero-order valence-electron chi connectivity index (χ0n) is 15.4. The fraction of sp³-hybridized carbons (Fsp3) is 0.364. The van der Waals surface area contributed by atoms with Crippen LogP contribution in [0.5, 0.6) is 0 Å². The molecule has 0 spiro atoms. The van der Waals surface area contributed by atoms with Gasteiger partial charge in [0.15, 0.2) is 5.13 Å². The number of fused-ring (bicyclic) bond motifs is 1. The molecular formula is C22H25N3OS. The standard InChI is InChI=1S/C22H25N3OS/c26-21(23-14-6-9-17-7-2-1-3-8-17)18-12-15-25(16-13-18)22-24-19-10-4-5-11-20(19)27-22/h1-5,7-8,10-11,18H,6,9,12-16H2,(H,23,26). The molecule has 140 valence electrons. The summed E-state index contributed by atoms with van der Waals surface area (Å²) in [5.74, 6) is 0.347. The van der Waals surface area contributed by atoms with Crippen LogP contribution in [0.4, 0.5) is 5.13 Å². The molecule has 0 saturated carbocycles. The first kappa shape index (κ1) is 18.0. The third-order valence-corrected chi connectivity index (χ3v) is 6.30. The van der Waals surface area contributed by atoms with E-state index < -0.39 is 0 Å². The minimum atomic E-state index is 0.132. The number of aryl methyl sites for hydroxylation is 1. The molecule has 2 heterocycles. The molecule has 4 rings (SSSR count). The van der Waals surface area contributed by atoms with Gasteiger partial charge in [-0.05, 0) is 43.4 Å². The fourth-order valence-electron chi connectivity index (χ4n) is 3.62. The van der Waals surface area contributed by atoms with Crippen LogP contribution in [-0.4, -0.2) is 30.5 Å². The van der Waals surface area contributed by atoms with Gasteiger partial charge in [0.1, 0.15) is 0 Å². The van der Waals surface area contributed by atoms with Crippen LogP contribution < -0.4 is 10.2 Å². The quantitative estimate of drug-likeness (QED) is 0.651. The first-order valence-corrected chi connectivity index (χ1v) is 10.5. The molecule has 0 aliphatic carbocycles. The predicted octanol–water partition coefficient (Wildman–Crippen LogP) is 4.26. The number of aromatic nitrogens is 1. The van der Waals surface area contributed by atoms with Gasteiger partial charge in [0.05, 0.1) is 10.2 Å². The largest absolute Gasteiger partial charge is 0.356 e. The summed E-state index contributed by atoms with van der Waals surface area (Å²) in [6, 6.07) is 18.7. The van der Waals surface area contributed by atoms with Crippen LogP contribution in [-0.2, 0) is 11.2 Å². The second-order valence-electron chi connectivity index (χ2n) is 7.11. The van der Waals surface area contributed by atoms with Crippen molar-refractivity contribution < 1.29 is 4.79 Å². The maximum Gasteiger partial charge on any atom is 0.223 e. The molecule has 3 aromatic rings. The third kappa shape index (κ3) is 4.48. The molecule has 1 N–H and O–H groups in total. The Morgan fingerprint density at radius 1 is 1.07 bits per heavy atom. The fourth-order valence-corrected chi connectivity index (χ4v) is 4.64. The average molecular weight is 380 g/mol. The molecule has 0 unspecified atom stereocenters. The Morgan fingerprint density at radius 2 is 1.81 bits per heavy atom. The molecule has 1 fully saturated rings. The van der Waals surface area contributed by atoms with Crippen LogP contribution >= 0.6 is 11.3 Å². The Balaban J connectivity index is 1.22. The smallest absolute Gasteiger partial charge is 0.223 e. The lowest BCUT2D eigenvalue weighted by Crippen LogP contribution is -2.40. The summed E-state index contributed by atoms with van der Waals surface area (Å²) in [6.45, 7) is 2.57. The van der Waals surface area contributed by atoms with Crippen molar-refractivity contribution in [2.45, 2.75) is 25.7 Å². The van der Waals surface area contributed by atoms with Crippen LogP contribution in [0, 0.1) is 5.92 Å². The molecule has 1 aliphatic rings. The van der Waals surface area contributed by atoms with Gasteiger partial charge in [-0.3, -0.25) is 4.79 Å². The van der Waals surface area contributed by atoms with Crippen LogP contribution in [0.2, 0.25) is 0 Å². The van der Waals surface area contributed by atoms with Crippen molar-refractivity contribution >= 4 is 32.6 Å². The second kappa shape index (κ2) is 8.53. The number of amides is 1. The van der Waals surface area contributed by atoms with E-state index in [-0.39, 0.29) is 11.8 Å². The van der Waals surface area contributed by atoms with Crippen molar-refractivity contribution in [1.29, 1.82) is 0 Å². The first-order chi connectivity index (χ1) is 13.3. The SMILES string of the molecule is O=C(NCCCc1ccccc1)C1CCN(c2nc3ccccc3s2)CC1. The number of hydrogen-bond donors (Lipinski definition) is 1. The number of rotatable bonds is 6. The molecule has 1 amide bonds. The summed E-state index contributed by atoms with van der Waals surface area (Å²) < 4.78 is 1.23. The zero-order chi connectivity index (χ0) is 18.5. The molecular weight excluding hydrogens is 354 g/mol. The topological polar surface area (TPSA) is 45.2 Å². The van der Waals surface area contributed by atoms with Crippen molar-refractivity contribution in [2.75, 3.05) is 24.5 Å². The van der Waals surface area contributed by atoms with Crippen LogP contribution in [0.3, 0.4) is 0 Å². The highest BCUT2D eigenvalue weighted by atomic mass is 32.1. The van der Waals surface area contributed by atoms with Gasteiger partial charge in [0, 0.05) is 25.6 Å². The zero-order valence-corrected chi connectivity index (χ0v) is 16.3. The van der Waals surface area contributed by atoms with E-state index >= 15 is 0 Å². The number of para-hydroxylation sites is 1. The van der Waals surface area contributed by atoms with Gasteiger partial charge in [-0.25, -0.2) is 4.98 Å². The number of piperidine rings is 1. The molecule has 2 aromatic carbocycles. The number of carbonyl (C=O) groups excluding carboxylic acids is 1. The Morgan fingerprint density at radius 3 is 2.59 bits per heavy atom. The van der Waals surface area contributed by atoms with Gasteiger partial charge in [0.25, 0.3) is 0 Å². The summed E-state index contributed by atoms with van der Waals surface area (Å²) in [6.07, 6.45) is 3.80. The van der Waals surface area contributed by atoms with Gasteiger partial charge < -0.3 is 10.2 Å². The van der Waals surface area contributed by atoms with Gasteiger partial charge in [-0.2, -0.15) is 0 Å². The minimum absolute atomic E-state index is 0.132. The maximum atomic E-state index is 12.5. The second-order valence-corrected chi connectivity index (χ2v) is 8.11. The van der Waals surface area contributed by atoms with Gasteiger partial charge in [-0.1, -0.05) is 53.8 Å². The van der Waals surface area contributed by atoms with Crippen LogP contribution in [0.1, 0.15) is 24.8 Å². The number of hydrogen-bond acceptors (Lipinski definition) is 4. The average Bonchev–Trinajstić information content (AvgIpc) is 3.16. The molecule has 1 aromatic heterocycles. The van der Waals surface area contributed by atoms with E-state index in [1.165, 1.54) is 10.3 Å². The number of benzene rings is 2. The van der Waals surface area contributed by atoms with E-state index in [1.54, 1.807) is 11.3 Å². The highest BCUT2D eigenvalue weighted by Crippen LogP contribution is 2.31. The van der Waals surface area contributed by atoms with E-state index in [1.807, 2.05) is 12.1 Å². The van der Waals surface area contributed by atoms with Crippen molar-refractivity contribution in [3.05, 3.63) is 60.2 Å². The predicted molar refractivity (Wildman–Crippen MR) is 112 cm³/mol. The van der Waals surface area contributed by atoms with E-state index in [2.05, 4.69) is 52.7 Å². The lowest BCUT2D eigenvalue weighted by Gasteiger charge is -2.31. The maximum absolute atomic E-state index is 12.5. The van der Waals surface area contributed by atoms with Gasteiger partial charge in [0.2, 0.25) is 5.91 Å². The highest BCUT2D eigenvalue weighted by molar-refractivity contribution is 7.22. The Hall–Kier alpha value is -2.40. The number of nitrogens with one attached hydrogen (secondary N) is 1. The van der Waals surface area contributed by atoms with E-state index in [4.69, 9.17) is 4.98 Å². The summed E-state index contributed by atoms with van der Waals surface area (Å²) in [4.78, 5) is 19.5. The molecule has 5 heteroatoms. The molecule has 27 heavy (non-hydrogen) atoms. The summed E-state index contributed by atoms with van der Waals surface area (Å²) in [5, 5.41) is 4.21. The van der Waals surface area contributed by atoms with E-state index in [0.29, 0.717) is 0 Å². The molecule has 1 aliphatic heterocycles. The lowest BCUT2D eigenvalue weighted by atomic mass is 9.96. The van der Waals surface area contributed by atoms with Crippen molar-refractivity contribution in [3.8, 4) is 0 Å². The van der Waals surface area contributed by atoms with Crippen LogP contribution in [0.25, 0.3) is 10.2 Å². The molecule has 0 radical (unpaired) electrons. The van der Waals surface area contributed by atoms with Crippen molar-refractivity contribution in [1.82, 2.24) is 10.3 Å². The number of carbonyl (C=O) groups is 1. The molecule has 4 nitrogen and oxygen atoms in total. The van der Waals surface area contributed by atoms with Gasteiger partial charge >= 0.3 is 0 Å². The first-order valence-electron chi connectivity index (χ1n) is 9.72. The minimum Gasteiger partial charge on any atom is -0.356 e. The summed E-state index contributed by atoms with van der Waals surface area (Å²) in [5.41, 5.74) is 2.40. The number of nitrogens with zero attached hydrogens (tertiary/aromatic N) is 2. The lowest BCUT2D eigenvalue weighted by molar-refractivity contribution is -0.125. The molecule has 0 bridgehead atoms. The normalized spacial score (nSPS) is 15.2. The highest BCUT2D eigenvalue weighted by Gasteiger charge is 2.26. The molecule has 1 saturated heterocycles.